The first-order valence-electron chi connectivity index (χ1n) is 30.2. The molecule has 0 aromatic heterocycles. The molecule has 0 radical (unpaired) electrons. The number of hydrogen-bond acceptors (Lipinski definition) is 11. The molecular weight excluding hydrogens is 997 g/mol. The lowest BCUT2D eigenvalue weighted by atomic mass is 9.98. The van der Waals surface area contributed by atoms with Crippen molar-refractivity contribution in [2.45, 2.75) is 250 Å². The fourth-order valence-electron chi connectivity index (χ4n) is 8.12. The molecule has 12 heteroatoms. The molecule has 1 aliphatic heterocycles. The predicted octanol–water partition coefficient (Wildman–Crippen LogP) is 15.8. The third-order valence-electron chi connectivity index (χ3n) is 12.7. The molecule has 1 heterocycles. The number of carboxylic acid groups (broad SMARTS) is 1. The van der Waals surface area contributed by atoms with E-state index in [9.17, 15) is 34.5 Å². The molecule has 6 atom stereocenters. The van der Waals surface area contributed by atoms with E-state index in [2.05, 4.69) is 154 Å². The number of carbonyl (C=O) groups excluding carboxylic acids is 3. The van der Waals surface area contributed by atoms with E-state index in [4.69, 9.17) is 23.7 Å². The topological polar surface area (TPSA) is 175 Å². The molecule has 0 aromatic rings. The summed E-state index contributed by atoms with van der Waals surface area (Å²) in [6.07, 6.45) is 62.8. The van der Waals surface area contributed by atoms with Gasteiger partial charge in [0.25, 0.3) is 0 Å². The average molecular weight is 1100 g/mol. The van der Waals surface area contributed by atoms with Crippen LogP contribution in [-0.4, -0.2) is 89.2 Å². The molecule has 1 rings (SSSR count). The number of aliphatic hydroxyl groups excluding tert-OH is 2. The van der Waals surface area contributed by atoms with Gasteiger partial charge in [0.1, 0.15) is 18.8 Å². The monoisotopic (exact) mass is 1100 g/mol. The van der Waals surface area contributed by atoms with Gasteiger partial charge in [0.2, 0.25) is 0 Å². The van der Waals surface area contributed by atoms with Gasteiger partial charge in [-0.1, -0.05) is 193 Å². The number of carboxylic acids is 1. The molecule has 0 aliphatic carbocycles. The van der Waals surface area contributed by atoms with E-state index in [0.717, 1.165) is 135 Å². The highest BCUT2D eigenvalue weighted by Crippen LogP contribution is 2.26. The summed E-state index contributed by atoms with van der Waals surface area (Å²) in [5.41, 5.74) is 0. The lowest BCUT2D eigenvalue weighted by molar-refractivity contribution is -0.301. The normalized spacial score (nSPS) is 18.8. The molecule has 0 bridgehead atoms. The van der Waals surface area contributed by atoms with Crippen molar-refractivity contribution in [1.82, 2.24) is 0 Å². The first-order valence-corrected chi connectivity index (χ1v) is 30.2. The van der Waals surface area contributed by atoms with Crippen LogP contribution < -0.4 is 0 Å². The summed E-state index contributed by atoms with van der Waals surface area (Å²) in [4.78, 5) is 51.2. The highest BCUT2D eigenvalue weighted by atomic mass is 16.7. The summed E-state index contributed by atoms with van der Waals surface area (Å²) in [6.45, 7) is 5.65. The number of ether oxygens (including phenoxy) is 5. The number of carbonyl (C=O) groups is 4. The molecule has 12 nitrogen and oxygen atoms in total. The Balaban J connectivity index is 2.75. The number of aliphatic hydroxyl groups is 2. The Morgan fingerprint density at radius 2 is 0.797 bits per heavy atom. The van der Waals surface area contributed by atoms with Gasteiger partial charge in [-0.3, -0.25) is 14.4 Å². The maximum Gasteiger partial charge on any atom is 0.335 e. The van der Waals surface area contributed by atoms with Gasteiger partial charge in [-0.15, -0.1) is 0 Å². The molecule has 1 saturated heterocycles. The second-order valence-electron chi connectivity index (χ2n) is 19.9. The van der Waals surface area contributed by atoms with Crippen LogP contribution >= 0.6 is 0 Å². The Morgan fingerprint density at radius 1 is 0.430 bits per heavy atom. The third-order valence-corrected chi connectivity index (χ3v) is 12.7. The largest absolute Gasteiger partial charge is 0.479 e. The van der Waals surface area contributed by atoms with Crippen LogP contribution in [0.2, 0.25) is 0 Å². The van der Waals surface area contributed by atoms with Crippen molar-refractivity contribution in [1.29, 1.82) is 0 Å². The highest BCUT2D eigenvalue weighted by molar-refractivity contribution is 5.74. The quantitative estimate of drug-likeness (QED) is 0.0228. The van der Waals surface area contributed by atoms with Crippen LogP contribution in [0.1, 0.15) is 213 Å². The predicted molar refractivity (Wildman–Crippen MR) is 321 cm³/mol. The van der Waals surface area contributed by atoms with Gasteiger partial charge in [0.15, 0.2) is 24.6 Å². The molecule has 1 aliphatic rings. The SMILES string of the molecule is CC/C=C\C/C=C\C/C=C\C/C=C\CCCCC(=O)OCC(COC1OC(C(=O)O)C(O)C(O)C1OC(=O)CCCCCCCC/C=C\C/C=C\C/C=C\CCCCC)OC(=O)CCCC/C=C\C/C=C\C/C=C\C/C=C\CC. The van der Waals surface area contributed by atoms with Crippen molar-refractivity contribution < 1.29 is 58.2 Å². The van der Waals surface area contributed by atoms with Crippen molar-refractivity contribution >= 4 is 23.9 Å². The molecule has 1 fully saturated rings. The number of unbranched alkanes of at least 4 members (excludes halogenated alkanes) is 13. The zero-order valence-corrected chi connectivity index (χ0v) is 48.8. The lowest BCUT2D eigenvalue weighted by Crippen LogP contribution is -2.61. The van der Waals surface area contributed by atoms with E-state index in [1.165, 1.54) is 19.3 Å². The van der Waals surface area contributed by atoms with Crippen molar-refractivity contribution in [2.75, 3.05) is 13.2 Å². The fraction of sp³-hybridized carbons (Fsp3) is 0.612. The van der Waals surface area contributed by atoms with Gasteiger partial charge < -0.3 is 39.0 Å². The van der Waals surface area contributed by atoms with Crippen LogP contribution in [0.3, 0.4) is 0 Å². The molecule has 0 aromatic carbocycles. The smallest absolute Gasteiger partial charge is 0.335 e. The molecule has 0 amide bonds. The van der Waals surface area contributed by atoms with Crippen LogP contribution in [0, 0.1) is 0 Å². The van der Waals surface area contributed by atoms with Crippen molar-refractivity contribution in [3.05, 3.63) is 134 Å². The molecule has 6 unspecified atom stereocenters. The van der Waals surface area contributed by atoms with E-state index in [-0.39, 0.29) is 25.9 Å². The molecular formula is C67H104O12. The van der Waals surface area contributed by atoms with E-state index in [0.29, 0.717) is 19.3 Å². The van der Waals surface area contributed by atoms with Crippen LogP contribution in [-0.2, 0) is 42.9 Å². The number of hydrogen-bond donors (Lipinski definition) is 3. The first kappa shape index (κ1) is 71.9. The minimum atomic E-state index is -1.93. The summed E-state index contributed by atoms with van der Waals surface area (Å²) in [7, 11) is 0. The van der Waals surface area contributed by atoms with Crippen molar-refractivity contribution in [2.24, 2.45) is 0 Å². The van der Waals surface area contributed by atoms with Crippen LogP contribution in [0.4, 0.5) is 0 Å². The van der Waals surface area contributed by atoms with Gasteiger partial charge in [-0.2, -0.15) is 0 Å². The fourth-order valence-corrected chi connectivity index (χ4v) is 8.12. The van der Waals surface area contributed by atoms with Crippen LogP contribution in [0.15, 0.2) is 134 Å². The maximum absolute atomic E-state index is 13.1. The Bertz CT molecular complexity index is 1880. The van der Waals surface area contributed by atoms with E-state index >= 15 is 0 Å². The Labute approximate surface area is 477 Å². The molecule has 0 spiro atoms. The third kappa shape index (κ3) is 43.4. The maximum atomic E-state index is 13.1. The Hall–Kier alpha value is -5.14. The van der Waals surface area contributed by atoms with Gasteiger partial charge in [-0.25, -0.2) is 4.79 Å². The van der Waals surface area contributed by atoms with Crippen LogP contribution in [0.25, 0.3) is 0 Å². The summed E-state index contributed by atoms with van der Waals surface area (Å²) in [5.74, 6) is -3.27. The lowest BCUT2D eigenvalue weighted by Gasteiger charge is -2.40. The summed E-state index contributed by atoms with van der Waals surface area (Å²) in [5, 5.41) is 31.5. The van der Waals surface area contributed by atoms with Crippen molar-refractivity contribution in [3.8, 4) is 0 Å². The number of esters is 3. The average Bonchev–Trinajstić information content (AvgIpc) is 3.46. The van der Waals surface area contributed by atoms with E-state index < -0.39 is 67.3 Å². The Morgan fingerprint density at radius 3 is 1.24 bits per heavy atom. The van der Waals surface area contributed by atoms with Crippen molar-refractivity contribution in [3.63, 3.8) is 0 Å². The zero-order chi connectivity index (χ0) is 57.5. The minimum Gasteiger partial charge on any atom is -0.479 e. The molecule has 3 N–H and O–H groups in total. The molecule has 0 saturated carbocycles. The standard InChI is InChI=1S/C67H104O12/c1-4-7-10-13-16-19-22-25-28-29-30-31-34-37-40-43-46-49-52-55-61(70)78-65-63(72)62(71)64(66(73)74)79-67(65)76-57-58(77-60(69)54-51-48-45-42-39-36-33-27-24-21-18-15-12-9-6-3)56-75-59(68)53-50-47-44-41-38-35-32-26-23-20-17-14-11-8-5-2/h8-9,11-12,16-21,25-28,30-33,38-39,41-42,58,62-65,67,71-72H,4-7,10,13-15,22-24,29,34-37,40,43-57H2,1-3H3,(H,73,74)/b11-8-,12-9-,19-16-,20-17-,21-18-,28-25-,31-30-,32-26-,33-27-,41-38-,42-39-. The Kier molecular flexibility index (Phi) is 48.7. The zero-order valence-electron chi connectivity index (χ0n) is 48.8. The summed E-state index contributed by atoms with van der Waals surface area (Å²) in [6, 6.07) is 0. The highest BCUT2D eigenvalue weighted by Gasteiger charge is 2.50. The van der Waals surface area contributed by atoms with Gasteiger partial charge in [-0.05, 0) is 135 Å². The summed E-state index contributed by atoms with van der Waals surface area (Å²) >= 11 is 0. The first-order chi connectivity index (χ1) is 38.6. The number of rotatable bonds is 49. The van der Waals surface area contributed by atoms with Gasteiger partial charge in [0.05, 0.1) is 6.61 Å². The second-order valence-corrected chi connectivity index (χ2v) is 19.9. The molecule has 79 heavy (non-hydrogen) atoms. The van der Waals surface area contributed by atoms with Gasteiger partial charge >= 0.3 is 23.9 Å². The van der Waals surface area contributed by atoms with E-state index in [1.807, 2.05) is 0 Å². The second kappa shape index (κ2) is 53.5. The number of allylic oxidation sites excluding steroid dienone is 22. The van der Waals surface area contributed by atoms with Crippen LogP contribution in [0.5, 0.6) is 0 Å². The number of aliphatic carboxylic acids is 1. The summed E-state index contributed by atoms with van der Waals surface area (Å²) < 4.78 is 28.3. The van der Waals surface area contributed by atoms with Gasteiger partial charge in [0, 0.05) is 19.3 Å². The van der Waals surface area contributed by atoms with E-state index in [1.54, 1.807) is 0 Å². The molecule has 444 valence electrons. The minimum absolute atomic E-state index is 0.0290.